The lowest BCUT2D eigenvalue weighted by atomic mass is 9.99. The van der Waals surface area contributed by atoms with E-state index in [1.165, 1.54) is 6.42 Å². The molecule has 1 fully saturated rings. The molecule has 0 amide bonds. The summed E-state index contributed by atoms with van der Waals surface area (Å²) in [6, 6.07) is 0. The number of oxime groups is 1. The minimum Gasteiger partial charge on any atom is -0.480 e. The first-order valence-corrected chi connectivity index (χ1v) is 9.73. The van der Waals surface area contributed by atoms with E-state index in [0.717, 1.165) is 31.4 Å². The Bertz CT molecular complexity index is 445. The fourth-order valence-electron chi connectivity index (χ4n) is 2.25. The van der Waals surface area contributed by atoms with Gasteiger partial charge in [-0.1, -0.05) is 11.6 Å². The molecule has 0 spiro atoms. The molecule has 0 aromatic heterocycles. The first kappa shape index (κ1) is 20.0. The van der Waals surface area contributed by atoms with Crippen molar-refractivity contribution >= 4 is 13.3 Å². The van der Waals surface area contributed by atoms with Gasteiger partial charge in [-0.15, -0.1) is 0 Å². The molecule has 0 saturated heterocycles. The molecule has 0 atom stereocenters. The second-order valence-corrected chi connectivity index (χ2v) is 7.06. The van der Waals surface area contributed by atoms with Crippen LogP contribution in [0.5, 0.6) is 0 Å². The van der Waals surface area contributed by atoms with E-state index in [9.17, 15) is 9.67 Å². The first-order valence-electron chi connectivity index (χ1n) is 8.19. The van der Waals surface area contributed by atoms with Crippen molar-refractivity contribution in [3.05, 3.63) is 11.3 Å². The second kappa shape index (κ2) is 10.7. The average Bonchev–Trinajstić information content (AvgIpc) is 2.53. The molecular formula is C15H28NO6P. The molecule has 1 aliphatic rings. The molecule has 0 aromatic rings. The molecule has 7 nitrogen and oxygen atoms in total. The Hall–Kier alpha value is -1.04. The maximum atomic E-state index is 12.8. The molecule has 0 unspecified atom stereocenters. The second-order valence-electron chi connectivity index (χ2n) is 5.01. The number of nitrogens with zero attached hydrogens (tertiary/aromatic N) is 1. The van der Waals surface area contributed by atoms with Crippen molar-refractivity contribution in [2.24, 2.45) is 5.16 Å². The Kier molecular flexibility index (Phi) is 9.29. The zero-order valence-corrected chi connectivity index (χ0v) is 15.1. The summed E-state index contributed by atoms with van der Waals surface area (Å²) in [5.74, 6) is -0.485. The summed E-state index contributed by atoms with van der Waals surface area (Å²) in [4.78, 5) is 5.30. The lowest BCUT2D eigenvalue weighted by Gasteiger charge is -2.20. The molecule has 0 bridgehead atoms. The number of aliphatic hydroxyl groups is 1. The summed E-state index contributed by atoms with van der Waals surface area (Å²) in [6.45, 7) is 5.48. The van der Waals surface area contributed by atoms with Crippen molar-refractivity contribution in [2.45, 2.75) is 52.9 Å². The standard InChI is InChI=1S/C15H28NO6P/c1-4-19-15(17)14(23(18,21-5-2)22-6-3)12-20-16-13-10-8-7-9-11-13/h17H,4-12H2,1-3H3/b15-14-. The van der Waals surface area contributed by atoms with Crippen molar-refractivity contribution in [2.75, 3.05) is 26.4 Å². The molecule has 23 heavy (non-hydrogen) atoms. The topological polar surface area (TPSA) is 86.6 Å². The highest BCUT2D eigenvalue weighted by molar-refractivity contribution is 7.58. The predicted molar refractivity (Wildman–Crippen MR) is 88.6 cm³/mol. The van der Waals surface area contributed by atoms with Gasteiger partial charge in [0.05, 0.1) is 25.5 Å². The van der Waals surface area contributed by atoms with E-state index in [1.54, 1.807) is 20.8 Å². The van der Waals surface area contributed by atoms with E-state index in [-0.39, 0.29) is 31.7 Å². The van der Waals surface area contributed by atoms with E-state index < -0.39 is 13.5 Å². The molecular weight excluding hydrogens is 321 g/mol. The van der Waals surface area contributed by atoms with Crippen LogP contribution in [0, 0.1) is 0 Å². The van der Waals surface area contributed by atoms with Crippen LogP contribution in [0.4, 0.5) is 0 Å². The predicted octanol–water partition coefficient (Wildman–Crippen LogP) is 4.35. The largest absolute Gasteiger partial charge is 0.480 e. The number of hydrogen-bond donors (Lipinski definition) is 1. The highest BCUT2D eigenvalue weighted by atomic mass is 31.2. The van der Waals surface area contributed by atoms with Gasteiger partial charge in [0, 0.05) is 0 Å². The molecule has 8 heteroatoms. The number of hydrogen-bond acceptors (Lipinski definition) is 7. The lowest BCUT2D eigenvalue weighted by molar-refractivity contribution is 0.0867. The molecule has 1 rings (SSSR count). The number of rotatable bonds is 10. The van der Waals surface area contributed by atoms with Gasteiger partial charge in [0.1, 0.15) is 0 Å². The van der Waals surface area contributed by atoms with E-state index in [4.69, 9.17) is 18.6 Å². The minimum absolute atomic E-state index is 0.0387. The molecule has 1 aliphatic carbocycles. The van der Waals surface area contributed by atoms with Crippen LogP contribution in [-0.4, -0.2) is 37.2 Å². The number of aliphatic hydroxyl groups excluding tert-OH is 1. The molecule has 1 saturated carbocycles. The van der Waals surface area contributed by atoms with Gasteiger partial charge in [-0.3, -0.25) is 4.57 Å². The molecule has 0 radical (unpaired) electrons. The van der Waals surface area contributed by atoms with Crippen LogP contribution in [0.25, 0.3) is 0 Å². The molecule has 0 aromatic carbocycles. The fourth-order valence-corrected chi connectivity index (χ4v) is 3.83. The summed E-state index contributed by atoms with van der Waals surface area (Å²) in [5, 5.41) is 14.1. The minimum atomic E-state index is -3.67. The van der Waals surface area contributed by atoms with Crippen molar-refractivity contribution in [3.63, 3.8) is 0 Å². The quantitative estimate of drug-likeness (QED) is 0.358. The smallest absolute Gasteiger partial charge is 0.368 e. The van der Waals surface area contributed by atoms with Gasteiger partial charge in [0.25, 0.3) is 5.95 Å². The van der Waals surface area contributed by atoms with Crippen LogP contribution in [0.1, 0.15) is 52.9 Å². The van der Waals surface area contributed by atoms with Crippen LogP contribution in [0.3, 0.4) is 0 Å². The van der Waals surface area contributed by atoms with E-state index in [0.29, 0.717) is 0 Å². The number of ether oxygens (including phenoxy) is 1. The Balaban J connectivity index is 2.87. The van der Waals surface area contributed by atoms with Gasteiger partial charge in [0.2, 0.25) is 0 Å². The fraction of sp³-hybridized carbons (Fsp3) is 0.800. The lowest BCUT2D eigenvalue weighted by Crippen LogP contribution is -2.10. The van der Waals surface area contributed by atoms with Gasteiger partial charge in [-0.2, -0.15) is 0 Å². The zero-order valence-electron chi connectivity index (χ0n) is 14.2. The summed E-state index contributed by atoms with van der Waals surface area (Å²) >= 11 is 0. The third-order valence-corrected chi connectivity index (χ3v) is 5.46. The Morgan fingerprint density at radius 1 is 1.09 bits per heavy atom. The van der Waals surface area contributed by atoms with Gasteiger partial charge < -0.3 is 23.7 Å². The Labute approximate surface area is 138 Å². The Morgan fingerprint density at radius 3 is 2.22 bits per heavy atom. The summed E-state index contributed by atoms with van der Waals surface area (Å²) in [6.07, 6.45) is 5.23. The Morgan fingerprint density at radius 2 is 1.70 bits per heavy atom. The maximum absolute atomic E-state index is 12.8. The van der Waals surface area contributed by atoms with E-state index >= 15 is 0 Å². The normalized spacial score (nSPS) is 16.7. The third kappa shape index (κ3) is 6.53. The van der Waals surface area contributed by atoms with Gasteiger partial charge >= 0.3 is 7.60 Å². The van der Waals surface area contributed by atoms with Crippen LogP contribution < -0.4 is 0 Å². The summed E-state index contributed by atoms with van der Waals surface area (Å²) in [5.41, 5.74) is 0.981. The van der Waals surface area contributed by atoms with E-state index in [2.05, 4.69) is 5.16 Å². The van der Waals surface area contributed by atoms with Crippen LogP contribution in [0.2, 0.25) is 0 Å². The van der Waals surface area contributed by atoms with Crippen LogP contribution in [0.15, 0.2) is 16.4 Å². The zero-order chi connectivity index (χ0) is 17.1. The van der Waals surface area contributed by atoms with Gasteiger partial charge in [0.15, 0.2) is 11.9 Å². The molecule has 1 N–H and O–H groups in total. The molecule has 0 aliphatic heterocycles. The van der Waals surface area contributed by atoms with Crippen molar-refractivity contribution in [1.82, 2.24) is 0 Å². The summed E-state index contributed by atoms with van der Waals surface area (Å²) in [7, 11) is -3.67. The van der Waals surface area contributed by atoms with Gasteiger partial charge in [-0.05, 0) is 46.5 Å². The SMILES string of the molecule is CCO/C(O)=C(/CON=C1CCCCC1)P(=O)(OCC)OCC. The highest BCUT2D eigenvalue weighted by Crippen LogP contribution is 2.57. The molecule has 0 heterocycles. The van der Waals surface area contributed by atoms with Crippen molar-refractivity contribution < 1.29 is 28.3 Å². The third-order valence-electron chi connectivity index (χ3n) is 3.28. The molecule has 134 valence electrons. The summed E-state index contributed by atoms with van der Waals surface area (Å²) < 4.78 is 28.4. The average molecular weight is 349 g/mol. The first-order chi connectivity index (χ1) is 11.1. The maximum Gasteiger partial charge on any atom is 0.368 e. The van der Waals surface area contributed by atoms with Crippen molar-refractivity contribution in [1.29, 1.82) is 0 Å². The van der Waals surface area contributed by atoms with E-state index in [1.807, 2.05) is 0 Å². The van der Waals surface area contributed by atoms with Crippen molar-refractivity contribution in [3.8, 4) is 0 Å². The van der Waals surface area contributed by atoms with Crippen LogP contribution in [-0.2, 0) is 23.2 Å². The monoisotopic (exact) mass is 349 g/mol. The van der Waals surface area contributed by atoms with Gasteiger partial charge in [-0.25, -0.2) is 0 Å². The highest BCUT2D eigenvalue weighted by Gasteiger charge is 2.35. The van der Waals surface area contributed by atoms with Crippen LogP contribution >= 0.6 is 7.60 Å².